The Morgan fingerprint density at radius 3 is 2.83 bits per heavy atom. The first-order valence-corrected chi connectivity index (χ1v) is 6.28. The number of furan rings is 1. The van der Waals surface area contributed by atoms with E-state index in [0.717, 1.165) is 31.9 Å². The van der Waals surface area contributed by atoms with E-state index < -0.39 is 0 Å². The summed E-state index contributed by atoms with van der Waals surface area (Å²) in [5.74, 6) is 1.11. The minimum absolute atomic E-state index is 0.337. The normalized spacial score (nSPS) is 15.8. The number of nitrogens with one attached hydrogen (secondary N) is 1. The van der Waals surface area contributed by atoms with Crippen molar-refractivity contribution in [2.45, 2.75) is 26.4 Å². The maximum Gasteiger partial charge on any atom is 0.341 e. The minimum Gasteiger partial charge on any atom is -0.465 e. The fraction of sp³-hybridized carbons (Fsp3) is 0.615. The maximum absolute atomic E-state index is 11.5. The molecule has 0 amide bonds. The zero-order valence-corrected chi connectivity index (χ0v) is 11.2. The zero-order chi connectivity index (χ0) is 13.1. The number of likely N-dealkylation sites (N-methyl/N-ethyl adjacent to an activating group) is 1. The third kappa shape index (κ3) is 2.57. The minimum atomic E-state index is -0.337. The SMILES string of the molecule is CCN(Cc1cc(C(=O)OC)c(C)o1)C1CNC1. The number of carbonyl (C=O) groups excluding carboxylic acids is 1. The highest BCUT2D eigenvalue weighted by Crippen LogP contribution is 2.18. The molecule has 0 atom stereocenters. The van der Waals surface area contributed by atoms with Crippen LogP contribution in [0.15, 0.2) is 10.5 Å². The summed E-state index contributed by atoms with van der Waals surface area (Å²) in [6, 6.07) is 2.36. The van der Waals surface area contributed by atoms with Crippen molar-refractivity contribution >= 4 is 5.97 Å². The number of methoxy groups -OCH3 is 1. The predicted molar refractivity (Wildman–Crippen MR) is 67.5 cm³/mol. The van der Waals surface area contributed by atoms with E-state index in [2.05, 4.69) is 17.1 Å². The number of esters is 1. The van der Waals surface area contributed by atoms with Gasteiger partial charge < -0.3 is 14.5 Å². The number of aryl methyl sites for hydroxylation is 1. The number of hydrogen-bond acceptors (Lipinski definition) is 5. The molecule has 5 nitrogen and oxygen atoms in total. The fourth-order valence-corrected chi connectivity index (χ4v) is 2.17. The van der Waals surface area contributed by atoms with Crippen LogP contribution in [-0.2, 0) is 11.3 Å². The van der Waals surface area contributed by atoms with E-state index in [1.165, 1.54) is 7.11 Å². The second-order valence-electron chi connectivity index (χ2n) is 4.55. The lowest BCUT2D eigenvalue weighted by Gasteiger charge is -2.37. The van der Waals surface area contributed by atoms with Crippen molar-refractivity contribution in [1.29, 1.82) is 0 Å². The van der Waals surface area contributed by atoms with Crippen LogP contribution in [0.25, 0.3) is 0 Å². The lowest BCUT2D eigenvalue weighted by molar-refractivity contribution is 0.0599. The molecule has 1 aromatic heterocycles. The van der Waals surface area contributed by atoms with Gasteiger partial charge in [0, 0.05) is 19.1 Å². The Kier molecular flexibility index (Phi) is 4.04. The van der Waals surface area contributed by atoms with Crippen LogP contribution in [0.1, 0.15) is 28.8 Å². The Bertz CT molecular complexity index is 424. The topological polar surface area (TPSA) is 54.7 Å². The molecule has 0 unspecified atom stereocenters. The summed E-state index contributed by atoms with van der Waals surface area (Å²) in [6.45, 7) is 7.68. The van der Waals surface area contributed by atoms with Crippen LogP contribution in [0.5, 0.6) is 0 Å². The highest BCUT2D eigenvalue weighted by molar-refractivity contribution is 5.90. The van der Waals surface area contributed by atoms with Gasteiger partial charge in [0.2, 0.25) is 0 Å². The van der Waals surface area contributed by atoms with Gasteiger partial charge in [0.25, 0.3) is 0 Å². The average Bonchev–Trinajstić information content (AvgIpc) is 2.66. The Morgan fingerprint density at radius 1 is 1.61 bits per heavy atom. The van der Waals surface area contributed by atoms with Gasteiger partial charge in [-0.1, -0.05) is 6.92 Å². The average molecular weight is 252 g/mol. The van der Waals surface area contributed by atoms with E-state index in [0.29, 0.717) is 17.4 Å². The summed E-state index contributed by atoms with van der Waals surface area (Å²) in [5.41, 5.74) is 0.523. The molecule has 2 rings (SSSR count). The van der Waals surface area contributed by atoms with Crippen LogP contribution in [0.3, 0.4) is 0 Å². The van der Waals surface area contributed by atoms with Gasteiger partial charge >= 0.3 is 5.97 Å². The van der Waals surface area contributed by atoms with Gasteiger partial charge in [-0.3, -0.25) is 4.90 Å². The number of hydrogen-bond donors (Lipinski definition) is 1. The van der Waals surface area contributed by atoms with Crippen LogP contribution < -0.4 is 5.32 Å². The van der Waals surface area contributed by atoms with Gasteiger partial charge in [0.15, 0.2) is 0 Å². The Balaban J connectivity index is 2.06. The third-order valence-electron chi connectivity index (χ3n) is 3.42. The van der Waals surface area contributed by atoms with E-state index in [-0.39, 0.29) is 5.97 Å². The van der Waals surface area contributed by atoms with Crippen LogP contribution in [0, 0.1) is 6.92 Å². The number of rotatable bonds is 5. The lowest BCUT2D eigenvalue weighted by Crippen LogP contribution is -2.56. The molecule has 1 aliphatic rings. The molecule has 100 valence electrons. The molecule has 0 aromatic carbocycles. The largest absolute Gasteiger partial charge is 0.465 e. The summed E-state index contributed by atoms with van der Waals surface area (Å²) < 4.78 is 10.3. The van der Waals surface area contributed by atoms with Crippen molar-refractivity contribution in [2.24, 2.45) is 0 Å². The molecular weight excluding hydrogens is 232 g/mol. The highest BCUT2D eigenvalue weighted by atomic mass is 16.5. The lowest BCUT2D eigenvalue weighted by atomic mass is 10.1. The van der Waals surface area contributed by atoms with Gasteiger partial charge in [-0.2, -0.15) is 0 Å². The molecule has 2 heterocycles. The van der Waals surface area contributed by atoms with E-state index in [9.17, 15) is 4.79 Å². The van der Waals surface area contributed by atoms with Crippen molar-refractivity contribution < 1.29 is 13.9 Å². The summed E-state index contributed by atoms with van der Waals surface area (Å²) in [4.78, 5) is 13.8. The molecule has 1 fully saturated rings. The summed E-state index contributed by atoms with van der Waals surface area (Å²) >= 11 is 0. The smallest absolute Gasteiger partial charge is 0.341 e. The molecule has 0 saturated carbocycles. The van der Waals surface area contributed by atoms with E-state index in [1.54, 1.807) is 13.0 Å². The van der Waals surface area contributed by atoms with E-state index in [1.807, 2.05) is 0 Å². The number of nitrogens with zero attached hydrogens (tertiary/aromatic N) is 1. The quantitative estimate of drug-likeness (QED) is 0.797. The van der Waals surface area contributed by atoms with Crippen LogP contribution in [0.2, 0.25) is 0 Å². The molecule has 0 radical (unpaired) electrons. The second-order valence-corrected chi connectivity index (χ2v) is 4.55. The van der Waals surface area contributed by atoms with Crippen molar-refractivity contribution in [3.63, 3.8) is 0 Å². The molecule has 18 heavy (non-hydrogen) atoms. The molecule has 1 aliphatic heterocycles. The van der Waals surface area contributed by atoms with Crippen molar-refractivity contribution in [1.82, 2.24) is 10.2 Å². The first-order valence-electron chi connectivity index (χ1n) is 6.28. The molecule has 5 heteroatoms. The Labute approximate surface area is 107 Å². The molecular formula is C13H20N2O3. The first kappa shape index (κ1) is 13.1. The summed E-state index contributed by atoms with van der Waals surface area (Å²) in [7, 11) is 1.38. The Morgan fingerprint density at radius 2 is 2.33 bits per heavy atom. The van der Waals surface area contributed by atoms with Gasteiger partial charge in [0.05, 0.1) is 13.7 Å². The number of carbonyl (C=O) groups is 1. The monoisotopic (exact) mass is 252 g/mol. The standard InChI is InChI=1S/C13H20N2O3/c1-4-15(10-6-14-7-10)8-11-5-12(9(2)18-11)13(16)17-3/h5,10,14H,4,6-8H2,1-3H3. The number of ether oxygens (including phenoxy) is 1. The zero-order valence-electron chi connectivity index (χ0n) is 11.2. The Hall–Kier alpha value is -1.33. The van der Waals surface area contributed by atoms with Crippen LogP contribution in [0.4, 0.5) is 0 Å². The molecule has 0 aliphatic carbocycles. The molecule has 1 aromatic rings. The second kappa shape index (κ2) is 5.54. The van der Waals surface area contributed by atoms with Crippen molar-refractivity contribution in [3.05, 3.63) is 23.2 Å². The van der Waals surface area contributed by atoms with Gasteiger partial charge in [-0.05, 0) is 19.5 Å². The van der Waals surface area contributed by atoms with Crippen molar-refractivity contribution in [2.75, 3.05) is 26.7 Å². The van der Waals surface area contributed by atoms with Crippen molar-refractivity contribution in [3.8, 4) is 0 Å². The fourth-order valence-electron chi connectivity index (χ4n) is 2.17. The van der Waals surface area contributed by atoms with Gasteiger partial charge in [0.1, 0.15) is 17.1 Å². The van der Waals surface area contributed by atoms with Gasteiger partial charge in [-0.25, -0.2) is 4.79 Å². The predicted octanol–water partition coefficient (Wildman–Crippen LogP) is 1.17. The molecule has 1 N–H and O–H groups in total. The third-order valence-corrected chi connectivity index (χ3v) is 3.42. The molecule has 0 spiro atoms. The summed E-state index contributed by atoms with van der Waals surface area (Å²) in [6.07, 6.45) is 0. The van der Waals surface area contributed by atoms with Gasteiger partial charge in [-0.15, -0.1) is 0 Å². The molecule has 0 bridgehead atoms. The van der Waals surface area contributed by atoms with Crippen LogP contribution in [-0.4, -0.2) is 43.7 Å². The summed E-state index contributed by atoms with van der Waals surface area (Å²) in [5, 5.41) is 3.26. The van der Waals surface area contributed by atoms with E-state index in [4.69, 9.17) is 9.15 Å². The van der Waals surface area contributed by atoms with Crippen LogP contribution >= 0.6 is 0 Å². The first-order chi connectivity index (χ1) is 8.65. The highest BCUT2D eigenvalue weighted by Gasteiger charge is 2.25. The maximum atomic E-state index is 11.5. The molecule has 1 saturated heterocycles. The van der Waals surface area contributed by atoms with E-state index >= 15 is 0 Å².